The normalized spacial score (nSPS) is 25.8. The van der Waals surface area contributed by atoms with E-state index in [1.807, 2.05) is 6.92 Å². The summed E-state index contributed by atoms with van der Waals surface area (Å²) >= 11 is 0. The van der Waals surface area contributed by atoms with Crippen LogP contribution in [0.5, 0.6) is 0 Å². The van der Waals surface area contributed by atoms with E-state index in [0.717, 1.165) is 19.4 Å². The molecule has 1 atom stereocenters. The number of rotatable bonds is 3. The molecule has 94 valence electrons. The third-order valence-electron chi connectivity index (χ3n) is 3.71. The van der Waals surface area contributed by atoms with Crippen molar-refractivity contribution in [2.75, 3.05) is 13.1 Å². The first-order valence-corrected chi connectivity index (χ1v) is 6.34. The molecular weight excluding hydrogens is 216 g/mol. The smallest absolute Gasteiger partial charge is 0.246 e. The Morgan fingerprint density at radius 2 is 1.94 bits per heavy atom. The van der Waals surface area contributed by atoms with Gasteiger partial charge in [0.25, 0.3) is 0 Å². The first kappa shape index (κ1) is 12.1. The topological polar surface area (TPSA) is 63.4 Å². The highest BCUT2D eigenvalue weighted by Crippen LogP contribution is 2.36. The molecule has 1 unspecified atom stereocenters. The number of nitrogens with two attached hydrogens (primary N) is 1. The van der Waals surface area contributed by atoms with Gasteiger partial charge in [-0.25, -0.2) is 0 Å². The van der Waals surface area contributed by atoms with E-state index in [1.165, 1.54) is 18.4 Å². The molecule has 0 aromatic carbocycles. The first-order valence-electron chi connectivity index (χ1n) is 6.34. The molecular formula is C13H20N2O2. The van der Waals surface area contributed by atoms with Gasteiger partial charge in [0.05, 0.1) is 5.92 Å². The van der Waals surface area contributed by atoms with Crippen molar-refractivity contribution in [3.63, 3.8) is 0 Å². The van der Waals surface area contributed by atoms with Crippen molar-refractivity contribution >= 4 is 11.8 Å². The average molecular weight is 236 g/mol. The van der Waals surface area contributed by atoms with Gasteiger partial charge < -0.3 is 10.6 Å². The third kappa shape index (κ3) is 3.08. The maximum Gasteiger partial charge on any atom is 0.246 e. The van der Waals surface area contributed by atoms with Crippen LogP contribution in [0.3, 0.4) is 0 Å². The molecule has 2 aliphatic rings. The third-order valence-corrected chi connectivity index (χ3v) is 3.71. The van der Waals surface area contributed by atoms with Crippen LogP contribution >= 0.6 is 0 Å². The van der Waals surface area contributed by atoms with E-state index >= 15 is 0 Å². The molecule has 1 aliphatic carbocycles. The summed E-state index contributed by atoms with van der Waals surface area (Å²) < 4.78 is 0. The lowest BCUT2D eigenvalue weighted by atomic mass is 9.97. The number of allylic oxidation sites excluding steroid dienone is 1. The van der Waals surface area contributed by atoms with E-state index in [1.54, 1.807) is 11.0 Å². The molecule has 4 nitrogen and oxygen atoms in total. The summed E-state index contributed by atoms with van der Waals surface area (Å²) in [6.07, 6.45) is 5.83. The molecule has 1 heterocycles. The first-order chi connectivity index (χ1) is 8.08. The number of amides is 2. The van der Waals surface area contributed by atoms with E-state index < -0.39 is 0 Å². The van der Waals surface area contributed by atoms with Gasteiger partial charge >= 0.3 is 0 Å². The number of primary amides is 1. The fourth-order valence-corrected chi connectivity index (χ4v) is 2.35. The number of likely N-dealkylation sites (tertiary alicyclic amines) is 1. The Labute approximate surface area is 102 Å². The van der Waals surface area contributed by atoms with Crippen LogP contribution < -0.4 is 5.73 Å². The van der Waals surface area contributed by atoms with E-state index in [0.29, 0.717) is 12.5 Å². The monoisotopic (exact) mass is 236 g/mol. The quantitative estimate of drug-likeness (QED) is 0.745. The van der Waals surface area contributed by atoms with Crippen LogP contribution in [0.25, 0.3) is 0 Å². The Balaban J connectivity index is 1.94. The fourth-order valence-electron chi connectivity index (χ4n) is 2.35. The van der Waals surface area contributed by atoms with Crippen molar-refractivity contribution in [1.29, 1.82) is 0 Å². The van der Waals surface area contributed by atoms with Gasteiger partial charge in [0.15, 0.2) is 0 Å². The second-order valence-electron chi connectivity index (χ2n) is 5.19. The number of piperidine rings is 1. The maximum atomic E-state index is 12.0. The molecule has 0 aromatic heterocycles. The zero-order valence-corrected chi connectivity index (χ0v) is 10.3. The SMILES string of the molecule is CC(=CC(=O)N1CCCC(C(N)=O)C1)C1CC1. The highest BCUT2D eigenvalue weighted by atomic mass is 16.2. The molecule has 1 saturated heterocycles. The van der Waals surface area contributed by atoms with Crippen molar-refractivity contribution in [2.45, 2.75) is 32.6 Å². The number of carbonyl (C=O) groups excluding carboxylic acids is 2. The van der Waals surface area contributed by atoms with Crippen LogP contribution in [0.1, 0.15) is 32.6 Å². The summed E-state index contributed by atoms with van der Waals surface area (Å²) in [5.74, 6) is 0.212. The lowest BCUT2D eigenvalue weighted by molar-refractivity contribution is -0.130. The lowest BCUT2D eigenvalue weighted by Crippen LogP contribution is -2.43. The zero-order chi connectivity index (χ0) is 12.4. The molecule has 4 heteroatoms. The van der Waals surface area contributed by atoms with E-state index in [9.17, 15) is 9.59 Å². The number of hydrogen-bond donors (Lipinski definition) is 1. The minimum atomic E-state index is -0.287. The van der Waals surface area contributed by atoms with Crippen molar-refractivity contribution in [2.24, 2.45) is 17.6 Å². The summed E-state index contributed by atoms with van der Waals surface area (Å²) in [5, 5.41) is 0. The van der Waals surface area contributed by atoms with Crippen molar-refractivity contribution in [3.8, 4) is 0 Å². The van der Waals surface area contributed by atoms with Gasteiger partial charge in [0.1, 0.15) is 0 Å². The van der Waals surface area contributed by atoms with Crippen molar-refractivity contribution in [3.05, 3.63) is 11.6 Å². The number of hydrogen-bond acceptors (Lipinski definition) is 2. The number of carbonyl (C=O) groups is 2. The maximum absolute atomic E-state index is 12.0. The summed E-state index contributed by atoms with van der Waals surface area (Å²) in [6, 6.07) is 0. The number of nitrogens with zero attached hydrogens (tertiary/aromatic N) is 1. The van der Waals surface area contributed by atoms with Gasteiger partial charge in [-0.05, 0) is 38.5 Å². The van der Waals surface area contributed by atoms with Crippen LogP contribution in [-0.2, 0) is 9.59 Å². The van der Waals surface area contributed by atoms with Gasteiger partial charge in [0.2, 0.25) is 11.8 Å². The standard InChI is InChI=1S/C13H20N2O2/c1-9(10-4-5-10)7-12(16)15-6-2-3-11(8-15)13(14)17/h7,10-11H,2-6,8H2,1H3,(H2,14,17). The molecule has 2 N–H and O–H groups in total. The molecule has 17 heavy (non-hydrogen) atoms. The van der Waals surface area contributed by atoms with Crippen LogP contribution in [-0.4, -0.2) is 29.8 Å². The zero-order valence-electron chi connectivity index (χ0n) is 10.3. The van der Waals surface area contributed by atoms with Crippen LogP contribution in [0.4, 0.5) is 0 Å². The molecule has 2 rings (SSSR count). The molecule has 0 radical (unpaired) electrons. The molecule has 2 fully saturated rings. The van der Waals surface area contributed by atoms with Crippen LogP contribution in [0.2, 0.25) is 0 Å². The largest absolute Gasteiger partial charge is 0.369 e. The van der Waals surface area contributed by atoms with Gasteiger partial charge in [-0.2, -0.15) is 0 Å². The second kappa shape index (κ2) is 4.90. The van der Waals surface area contributed by atoms with Gasteiger partial charge in [-0.15, -0.1) is 0 Å². The molecule has 0 aromatic rings. The molecule has 1 aliphatic heterocycles. The predicted octanol–water partition coefficient (Wildman–Crippen LogP) is 1.07. The van der Waals surface area contributed by atoms with E-state index in [4.69, 9.17) is 5.73 Å². The Hall–Kier alpha value is -1.32. The Kier molecular flexibility index (Phi) is 3.50. The molecule has 1 saturated carbocycles. The highest BCUT2D eigenvalue weighted by molar-refractivity contribution is 5.89. The van der Waals surface area contributed by atoms with Crippen LogP contribution in [0.15, 0.2) is 11.6 Å². The van der Waals surface area contributed by atoms with Crippen molar-refractivity contribution in [1.82, 2.24) is 4.90 Å². The summed E-state index contributed by atoms with van der Waals surface area (Å²) in [4.78, 5) is 24.9. The molecule has 0 spiro atoms. The second-order valence-corrected chi connectivity index (χ2v) is 5.19. The van der Waals surface area contributed by atoms with E-state index in [-0.39, 0.29) is 17.7 Å². The van der Waals surface area contributed by atoms with Gasteiger partial charge in [-0.3, -0.25) is 9.59 Å². The summed E-state index contributed by atoms with van der Waals surface area (Å²) in [6.45, 7) is 3.25. The Bertz CT molecular complexity index is 358. The Morgan fingerprint density at radius 1 is 1.24 bits per heavy atom. The minimum Gasteiger partial charge on any atom is -0.369 e. The summed E-state index contributed by atoms with van der Waals surface area (Å²) in [5.41, 5.74) is 6.47. The van der Waals surface area contributed by atoms with E-state index in [2.05, 4.69) is 0 Å². The van der Waals surface area contributed by atoms with Gasteiger partial charge in [-0.1, -0.05) is 5.57 Å². The molecule has 2 amide bonds. The lowest BCUT2D eigenvalue weighted by Gasteiger charge is -2.30. The fraction of sp³-hybridized carbons (Fsp3) is 0.692. The molecule has 0 bridgehead atoms. The van der Waals surface area contributed by atoms with Gasteiger partial charge in [0, 0.05) is 19.2 Å². The van der Waals surface area contributed by atoms with Crippen molar-refractivity contribution < 1.29 is 9.59 Å². The highest BCUT2D eigenvalue weighted by Gasteiger charge is 2.28. The minimum absolute atomic E-state index is 0.0420. The van der Waals surface area contributed by atoms with Crippen LogP contribution in [0, 0.1) is 11.8 Å². The summed E-state index contributed by atoms with van der Waals surface area (Å²) in [7, 11) is 0. The average Bonchev–Trinajstić information content (AvgIpc) is 3.12. The Morgan fingerprint density at radius 3 is 2.53 bits per heavy atom. The predicted molar refractivity (Wildman–Crippen MR) is 65.0 cm³/mol.